The van der Waals surface area contributed by atoms with Crippen LogP contribution in [0.1, 0.15) is 22.8 Å². The summed E-state index contributed by atoms with van der Waals surface area (Å²) in [5.41, 5.74) is 3.50. The van der Waals surface area contributed by atoms with Gasteiger partial charge in [0.25, 0.3) is 5.91 Å². The smallest absolute Gasteiger partial charge is 0.253 e. The van der Waals surface area contributed by atoms with E-state index in [-0.39, 0.29) is 5.91 Å². The Labute approximate surface area is 159 Å². The molecule has 27 heavy (non-hydrogen) atoms. The lowest BCUT2D eigenvalue weighted by Crippen LogP contribution is -2.23. The molecule has 5 heteroatoms. The Balaban J connectivity index is 1.71. The van der Waals surface area contributed by atoms with Crippen LogP contribution in [0.25, 0.3) is 0 Å². The SMILES string of the molecule is CCN(c1ccccc1)c1cncc(C(=O)NCc2ccc(OC)cc2)c1. The van der Waals surface area contributed by atoms with Crippen LogP contribution in [0.15, 0.2) is 73.1 Å². The van der Waals surface area contributed by atoms with Gasteiger partial charge in [0.2, 0.25) is 0 Å². The second kappa shape index (κ2) is 8.85. The average Bonchev–Trinajstić information content (AvgIpc) is 2.74. The van der Waals surface area contributed by atoms with E-state index >= 15 is 0 Å². The molecule has 0 spiro atoms. The maximum atomic E-state index is 12.5. The topological polar surface area (TPSA) is 54.5 Å². The van der Waals surface area contributed by atoms with Crippen LogP contribution < -0.4 is 15.0 Å². The molecule has 0 aliphatic heterocycles. The molecular weight excluding hydrogens is 338 g/mol. The maximum Gasteiger partial charge on any atom is 0.253 e. The predicted molar refractivity (Wildman–Crippen MR) is 108 cm³/mol. The number of nitrogens with one attached hydrogen (secondary N) is 1. The van der Waals surface area contributed by atoms with E-state index in [9.17, 15) is 4.79 Å². The Bertz CT molecular complexity index is 880. The molecule has 0 fully saturated rings. The predicted octanol–water partition coefficient (Wildman–Crippen LogP) is 4.18. The van der Waals surface area contributed by atoms with Gasteiger partial charge < -0.3 is 15.0 Å². The van der Waals surface area contributed by atoms with E-state index < -0.39 is 0 Å². The molecule has 138 valence electrons. The summed E-state index contributed by atoms with van der Waals surface area (Å²) >= 11 is 0. The Kier molecular flexibility index (Phi) is 6.05. The Hall–Kier alpha value is -3.34. The third kappa shape index (κ3) is 4.64. The number of aromatic nitrogens is 1. The summed E-state index contributed by atoms with van der Waals surface area (Å²) in [4.78, 5) is 18.9. The van der Waals surface area contributed by atoms with Crippen molar-refractivity contribution in [2.75, 3.05) is 18.6 Å². The van der Waals surface area contributed by atoms with Crippen LogP contribution in [-0.2, 0) is 6.54 Å². The van der Waals surface area contributed by atoms with Gasteiger partial charge in [0.1, 0.15) is 5.75 Å². The van der Waals surface area contributed by atoms with E-state index in [1.807, 2.05) is 60.7 Å². The van der Waals surface area contributed by atoms with Crippen molar-refractivity contribution in [3.63, 3.8) is 0 Å². The molecule has 5 nitrogen and oxygen atoms in total. The fourth-order valence-corrected chi connectivity index (χ4v) is 2.85. The summed E-state index contributed by atoms with van der Waals surface area (Å²) in [6.07, 6.45) is 3.36. The molecule has 1 amide bonds. The normalized spacial score (nSPS) is 10.3. The van der Waals surface area contributed by atoms with Crippen molar-refractivity contribution in [3.8, 4) is 5.75 Å². The molecule has 2 aromatic carbocycles. The number of anilines is 2. The highest BCUT2D eigenvalue weighted by Gasteiger charge is 2.11. The monoisotopic (exact) mass is 361 g/mol. The number of para-hydroxylation sites is 1. The second-order valence-corrected chi connectivity index (χ2v) is 6.04. The number of hydrogen-bond acceptors (Lipinski definition) is 4. The van der Waals surface area contributed by atoms with Gasteiger partial charge in [-0.1, -0.05) is 30.3 Å². The molecule has 3 rings (SSSR count). The molecule has 0 aliphatic carbocycles. The Morgan fingerprint density at radius 3 is 2.44 bits per heavy atom. The lowest BCUT2D eigenvalue weighted by Gasteiger charge is -2.23. The third-order valence-electron chi connectivity index (χ3n) is 4.29. The highest BCUT2D eigenvalue weighted by Crippen LogP contribution is 2.24. The standard InChI is InChI=1S/C22H23N3O2/c1-3-25(19-7-5-4-6-8-19)20-13-18(15-23-16-20)22(26)24-14-17-9-11-21(27-2)12-10-17/h4-13,15-16H,3,14H2,1-2H3,(H,24,26). The zero-order chi connectivity index (χ0) is 19.1. The highest BCUT2D eigenvalue weighted by molar-refractivity contribution is 5.94. The van der Waals surface area contributed by atoms with Crippen LogP contribution in [0.5, 0.6) is 5.75 Å². The molecule has 1 N–H and O–H groups in total. The summed E-state index contributed by atoms with van der Waals surface area (Å²) in [6, 6.07) is 19.5. The molecule has 3 aromatic rings. The quantitative estimate of drug-likeness (QED) is 0.686. The molecule has 1 heterocycles. The molecular formula is C22H23N3O2. The van der Waals surface area contributed by atoms with E-state index in [0.29, 0.717) is 12.1 Å². The van der Waals surface area contributed by atoms with Crippen LogP contribution >= 0.6 is 0 Å². The molecule has 0 unspecified atom stereocenters. The average molecular weight is 361 g/mol. The van der Waals surface area contributed by atoms with Crippen molar-refractivity contribution >= 4 is 17.3 Å². The van der Waals surface area contributed by atoms with Crippen LogP contribution in [0, 0.1) is 0 Å². The van der Waals surface area contributed by atoms with Crippen molar-refractivity contribution in [2.45, 2.75) is 13.5 Å². The minimum absolute atomic E-state index is 0.149. The van der Waals surface area contributed by atoms with Crippen LogP contribution in [-0.4, -0.2) is 24.5 Å². The molecule has 0 atom stereocenters. The first-order chi connectivity index (χ1) is 13.2. The zero-order valence-electron chi connectivity index (χ0n) is 15.6. The number of rotatable bonds is 7. The third-order valence-corrected chi connectivity index (χ3v) is 4.29. The number of amides is 1. The summed E-state index contributed by atoms with van der Waals surface area (Å²) < 4.78 is 5.15. The van der Waals surface area contributed by atoms with E-state index in [4.69, 9.17) is 4.74 Å². The number of hydrogen-bond donors (Lipinski definition) is 1. The molecule has 0 radical (unpaired) electrons. The minimum atomic E-state index is -0.149. The van der Waals surface area contributed by atoms with E-state index in [1.54, 1.807) is 19.5 Å². The van der Waals surface area contributed by atoms with E-state index in [2.05, 4.69) is 22.1 Å². The summed E-state index contributed by atoms with van der Waals surface area (Å²) in [5, 5.41) is 2.94. The maximum absolute atomic E-state index is 12.5. The van der Waals surface area contributed by atoms with E-state index in [1.165, 1.54) is 0 Å². The largest absolute Gasteiger partial charge is 0.497 e. The number of ether oxygens (including phenoxy) is 1. The van der Waals surface area contributed by atoms with Crippen molar-refractivity contribution in [1.29, 1.82) is 0 Å². The van der Waals surface area contributed by atoms with Crippen molar-refractivity contribution in [1.82, 2.24) is 10.3 Å². The van der Waals surface area contributed by atoms with Gasteiger partial charge in [0.15, 0.2) is 0 Å². The van der Waals surface area contributed by atoms with Gasteiger partial charge in [-0.05, 0) is 42.8 Å². The van der Waals surface area contributed by atoms with Gasteiger partial charge in [0, 0.05) is 25.0 Å². The molecule has 0 saturated heterocycles. The van der Waals surface area contributed by atoms with Gasteiger partial charge in [-0.3, -0.25) is 9.78 Å². The lowest BCUT2D eigenvalue weighted by molar-refractivity contribution is 0.0950. The van der Waals surface area contributed by atoms with Crippen molar-refractivity contribution in [2.24, 2.45) is 0 Å². The van der Waals surface area contributed by atoms with Crippen molar-refractivity contribution < 1.29 is 9.53 Å². The number of methoxy groups -OCH3 is 1. The zero-order valence-corrected chi connectivity index (χ0v) is 15.6. The van der Waals surface area contributed by atoms with Gasteiger partial charge in [-0.15, -0.1) is 0 Å². The lowest BCUT2D eigenvalue weighted by atomic mass is 10.2. The number of carbonyl (C=O) groups excluding carboxylic acids is 1. The molecule has 0 saturated carbocycles. The molecule has 1 aromatic heterocycles. The summed E-state index contributed by atoms with van der Waals surface area (Å²) in [7, 11) is 1.63. The fourth-order valence-electron chi connectivity index (χ4n) is 2.85. The highest BCUT2D eigenvalue weighted by atomic mass is 16.5. The van der Waals surface area contributed by atoms with Crippen LogP contribution in [0.4, 0.5) is 11.4 Å². The summed E-state index contributed by atoms with van der Waals surface area (Å²) in [6.45, 7) is 3.30. The number of benzene rings is 2. The van der Waals surface area contributed by atoms with Gasteiger partial charge in [-0.25, -0.2) is 0 Å². The number of pyridine rings is 1. The Morgan fingerprint density at radius 2 is 1.78 bits per heavy atom. The van der Waals surface area contributed by atoms with Crippen LogP contribution in [0.3, 0.4) is 0 Å². The van der Waals surface area contributed by atoms with Crippen molar-refractivity contribution in [3.05, 3.63) is 84.2 Å². The fraction of sp³-hybridized carbons (Fsp3) is 0.182. The first kappa shape index (κ1) is 18.5. The molecule has 0 aliphatic rings. The second-order valence-electron chi connectivity index (χ2n) is 6.04. The minimum Gasteiger partial charge on any atom is -0.497 e. The van der Waals surface area contributed by atoms with E-state index in [0.717, 1.165) is 29.2 Å². The van der Waals surface area contributed by atoms with Crippen LogP contribution in [0.2, 0.25) is 0 Å². The molecule has 0 bridgehead atoms. The van der Waals surface area contributed by atoms with Gasteiger partial charge >= 0.3 is 0 Å². The number of carbonyl (C=O) groups is 1. The summed E-state index contributed by atoms with van der Waals surface area (Å²) in [5.74, 6) is 0.645. The first-order valence-corrected chi connectivity index (χ1v) is 8.90. The van der Waals surface area contributed by atoms with Gasteiger partial charge in [-0.2, -0.15) is 0 Å². The Morgan fingerprint density at radius 1 is 1.04 bits per heavy atom. The number of nitrogens with zero attached hydrogens (tertiary/aromatic N) is 2. The van der Waals surface area contributed by atoms with Gasteiger partial charge in [0.05, 0.1) is 24.6 Å². The first-order valence-electron chi connectivity index (χ1n) is 8.90.